The number of nitrogens with one attached hydrogen (secondary N) is 1. The van der Waals surface area contributed by atoms with Crippen molar-refractivity contribution in [2.24, 2.45) is 0 Å². The van der Waals surface area contributed by atoms with Crippen molar-refractivity contribution in [1.82, 2.24) is 0 Å². The summed E-state index contributed by atoms with van der Waals surface area (Å²) in [6.07, 6.45) is -0.114. The zero-order valence-corrected chi connectivity index (χ0v) is 14.6. The highest BCUT2D eigenvalue weighted by Crippen LogP contribution is 2.18. The van der Waals surface area contributed by atoms with Crippen LogP contribution >= 0.6 is 27.5 Å². The molecule has 116 valence electrons. The second kappa shape index (κ2) is 7.26. The second-order valence-electron chi connectivity index (χ2n) is 4.58. The molecule has 0 spiro atoms. The van der Waals surface area contributed by atoms with Gasteiger partial charge in [0.15, 0.2) is 9.84 Å². The van der Waals surface area contributed by atoms with Crippen LogP contribution in [0.3, 0.4) is 0 Å². The lowest BCUT2D eigenvalue weighted by Crippen LogP contribution is -2.17. The number of rotatable bonds is 5. The summed E-state index contributed by atoms with van der Waals surface area (Å²) >= 11 is 9.03. The van der Waals surface area contributed by atoms with Crippen molar-refractivity contribution in [1.29, 1.82) is 0 Å². The summed E-state index contributed by atoms with van der Waals surface area (Å²) < 4.78 is 25.1. The molecule has 0 saturated heterocycles. The van der Waals surface area contributed by atoms with Gasteiger partial charge >= 0.3 is 0 Å². The number of hydrogen-bond donors (Lipinski definition) is 1. The Morgan fingerprint density at radius 3 is 2.45 bits per heavy atom. The van der Waals surface area contributed by atoms with Gasteiger partial charge in [0.25, 0.3) is 0 Å². The van der Waals surface area contributed by atoms with E-state index in [0.717, 1.165) is 4.47 Å². The minimum atomic E-state index is -3.50. The molecule has 1 amide bonds. The van der Waals surface area contributed by atoms with Crippen molar-refractivity contribution in [3.8, 4) is 0 Å². The van der Waals surface area contributed by atoms with Crippen LogP contribution in [0, 0.1) is 0 Å². The maximum Gasteiger partial charge on any atom is 0.225 e. The van der Waals surface area contributed by atoms with E-state index in [0.29, 0.717) is 10.7 Å². The molecule has 0 bridgehead atoms. The molecule has 0 atom stereocenters. The topological polar surface area (TPSA) is 63.2 Å². The lowest BCUT2D eigenvalue weighted by Gasteiger charge is -2.07. The van der Waals surface area contributed by atoms with Gasteiger partial charge in [0.05, 0.1) is 10.6 Å². The summed E-state index contributed by atoms with van der Waals surface area (Å²) in [6.45, 7) is 0. The van der Waals surface area contributed by atoms with Gasteiger partial charge in [-0.15, -0.1) is 0 Å². The van der Waals surface area contributed by atoms with Gasteiger partial charge < -0.3 is 5.32 Å². The molecule has 2 aromatic rings. The van der Waals surface area contributed by atoms with Crippen LogP contribution in [0.25, 0.3) is 0 Å². The monoisotopic (exact) mass is 401 g/mol. The van der Waals surface area contributed by atoms with Gasteiger partial charge in [-0.1, -0.05) is 33.6 Å². The van der Waals surface area contributed by atoms with Gasteiger partial charge in [-0.3, -0.25) is 4.79 Å². The number of sulfone groups is 1. The van der Waals surface area contributed by atoms with Crippen LogP contribution in [0.15, 0.2) is 57.9 Å². The van der Waals surface area contributed by atoms with Gasteiger partial charge in [-0.25, -0.2) is 8.42 Å². The molecular weight excluding hydrogens is 390 g/mol. The van der Waals surface area contributed by atoms with E-state index in [2.05, 4.69) is 21.2 Å². The van der Waals surface area contributed by atoms with E-state index in [1.54, 1.807) is 18.2 Å². The number of halogens is 2. The van der Waals surface area contributed by atoms with Crippen molar-refractivity contribution in [3.63, 3.8) is 0 Å². The van der Waals surface area contributed by atoms with Crippen molar-refractivity contribution >= 4 is 49.0 Å². The molecule has 0 aliphatic rings. The molecule has 0 aliphatic heterocycles. The second-order valence-corrected chi connectivity index (χ2v) is 8.04. The molecule has 4 nitrogen and oxygen atoms in total. The molecule has 0 saturated carbocycles. The standard InChI is InChI=1S/C15H13BrClNO3S/c16-11-2-1-3-13(10-11)18-15(19)8-9-22(20,21)14-6-4-12(17)5-7-14/h1-7,10H,8-9H2,(H,18,19). The van der Waals surface area contributed by atoms with Crippen LogP contribution in [0.4, 0.5) is 5.69 Å². The average Bonchev–Trinajstić information content (AvgIpc) is 2.46. The molecule has 2 rings (SSSR count). The lowest BCUT2D eigenvalue weighted by molar-refractivity contribution is -0.115. The van der Waals surface area contributed by atoms with E-state index < -0.39 is 9.84 Å². The summed E-state index contributed by atoms with van der Waals surface area (Å²) in [7, 11) is -3.50. The summed E-state index contributed by atoms with van der Waals surface area (Å²) in [5.41, 5.74) is 0.614. The van der Waals surface area contributed by atoms with Crippen molar-refractivity contribution in [2.45, 2.75) is 11.3 Å². The number of carbonyl (C=O) groups is 1. The van der Waals surface area contributed by atoms with E-state index >= 15 is 0 Å². The summed E-state index contributed by atoms with van der Waals surface area (Å²) in [5, 5.41) is 3.13. The Hall–Kier alpha value is -1.37. The highest BCUT2D eigenvalue weighted by molar-refractivity contribution is 9.10. The first-order chi connectivity index (χ1) is 10.4. The third kappa shape index (κ3) is 4.83. The molecule has 0 radical (unpaired) electrons. The van der Waals surface area contributed by atoms with E-state index in [9.17, 15) is 13.2 Å². The van der Waals surface area contributed by atoms with Gasteiger partial charge in [-0.05, 0) is 42.5 Å². The maximum absolute atomic E-state index is 12.1. The van der Waals surface area contributed by atoms with E-state index in [1.807, 2.05) is 6.07 Å². The van der Waals surface area contributed by atoms with Crippen molar-refractivity contribution < 1.29 is 13.2 Å². The SMILES string of the molecule is O=C(CCS(=O)(=O)c1ccc(Cl)cc1)Nc1cccc(Br)c1. The Balaban J connectivity index is 1.97. The van der Waals surface area contributed by atoms with Gasteiger partial charge in [0.1, 0.15) is 0 Å². The lowest BCUT2D eigenvalue weighted by atomic mass is 10.3. The zero-order chi connectivity index (χ0) is 16.2. The first kappa shape index (κ1) is 17.0. The fourth-order valence-corrected chi connectivity index (χ4v) is 3.54. The highest BCUT2D eigenvalue weighted by Gasteiger charge is 2.16. The van der Waals surface area contributed by atoms with Crippen LogP contribution in [-0.4, -0.2) is 20.1 Å². The van der Waals surface area contributed by atoms with E-state index in [-0.39, 0.29) is 23.0 Å². The summed E-state index contributed by atoms with van der Waals surface area (Å²) in [4.78, 5) is 12.0. The number of benzene rings is 2. The largest absolute Gasteiger partial charge is 0.326 e. The molecule has 0 fully saturated rings. The summed E-state index contributed by atoms with van der Waals surface area (Å²) in [5.74, 6) is -0.607. The predicted octanol–water partition coefficient (Wildman–Crippen LogP) is 3.91. The van der Waals surface area contributed by atoms with Crippen LogP contribution in [-0.2, 0) is 14.6 Å². The Morgan fingerprint density at radius 1 is 1.14 bits per heavy atom. The Kier molecular flexibility index (Phi) is 5.61. The molecule has 22 heavy (non-hydrogen) atoms. The minimum Gasteiger partial charge on any atom is -0.326 e. The number of anilines is 1. The number of amides is 1. The van der Waals surface area contributed by atoms with E-state index in [4.69, 9.17) is 11.6 Å². The van der Waals surface area contributed by atoms with Crippen LogP contribution in [0.2, 0.25) is 5.02 Å². The average molecular weight is 403 g/mol. The fraction of sp³-hybridized carbons (Fsp3) is 0.133. The fourth-order valence-electron chi connectivity index (χ4n) is 1.78. The molecule has 0 aliphatic carbocycles. The molecule has 7 heteroatoms. The molecule has 0 aromatic heterocycles. The smallest absolute Gasteiger partial charge is 0.225 e. The normalized spacial score (nSPS) is 11.2. The molecule has 0 heterocycles. The highest BCUT2D eigenvalue weighted by atomic mass is 79.9. The Morgan fingerprint density at radius 2 is 1.82 bits per heavy atom. The van der Waals surface area contributed by atoms with Gasteiger partial charge in [-0.2, -0.15) is 0 Å². The quantitative estimate of drug-likeness (QED) is 0.825. The van der Waals surface area contributed by atoms with Gasteiger partial charge in [0, 0.05) is 21.6 Å². The minimum absolute atomic E-state index is 0.114. The van der Waals surface area contributed by atoms with Gasteiger partial charge in [0.2, 0.25) is 5.91 Å². The molecule has 0 unspecified atom stereocenters. The molecule has 1 N–H and O–H groups in total. The van der Waals surface area contributed by atoms with Crippen molar-refractivity contribution in [2.75, 3.05) is 11.1 Å². The zero-order valence-electron chi connectivity index (χ0n) is 11.4. The Labute approximate surface area is 142 Å². The maximum atomic E-state index is 12.1. The van der Waals surface area contributed by atoms with E-state index in [1.165, 1.54) is 24.3 Å². The third-order valence-electron chi connectivity index (χ3n) is 2.88. The van der Waals surface area contributed by atoms with Crippen molar-refractivity contribution in [3.05, 3.63) is 58.0 Å². The molecule has 2 aromatic carbocycles. The third-order valence-corrected chi connectivity index (χ3v) is 5.36. The first-order valence-corrected chi connectivity index (χ1v) is 9.23. The predicted molar refractivity (Wildman–Crippen MR) is 90.9 cm³/mol. The summed E-state index contributed by atoms with van der Waals surface area (Å²) in [6, 6.07) is 13.0. The number of hydrogen-bond acceptors (Lipinski definition) is 3. The first-order valence-electron chi connectivity index (χ1n) is 6.40. The van der Waals surface area contributed by atoms with Crippen LogP contribution < -0.4 is 5.32 Å². The van der Waals surface area contributed by atoms with Crippen LogP contribution in [0.5, 0.6) is 0 Å². The Bertz CT molecular complexity index is 776. The van der Waals surface area contributed by atoms with Crippen LogP contribution in [0.1, 0.15) is 6.42 Å². The number of carbonyl (C=O) groups excluding carboxylic acids is 1. The molecular formula is C15H13BrClNO3S.